The number of fused-ring (bicyclic) bond motifs is 1. The molecule has 1 aromatic heterocycles. The van der Waals surface area contributed by atoms with Gasteiger partial charge in [-0.25, -0.2) is 8.78 Å². The van der Waals surface area contributed by atoms with Crippen LogP contribution in [0, 0.1) is 11.6 Å². The number of benzene rings is 2. The monoisotopic (exact) mass is 372 g/mol. The number of hydrogen-bond acceptors (Lipinski definition) is 3. The van der Waals surface area contributed by atoms with Crippen molar-refractivity contribution in [3.05, 3.63) is 59.8 Å². The van der Waals surface area contributed by atoms with E-state index in [1.54, 1.807) is 18.3 Å². The molecular formula is C21H22F2N2O2. The summed E-state index contributed by atoms with van der Waals surface area (Å²) in [6.07, 6.45) is 6.55. The Bertz CT molecular complexity index is 935. The Morgan fingerprint density at radius 2 is 1.85 bits per heavy atom. The second-order valence-corrected chi connectivity index (χ2v) is 7.01. The minimum Gasteiger partial charge on any atom is -0.490 e. The summed E-state index contributed by atoms with van der Waals surface area (Å²) >= 11 is 0. The van der Waals surface area contributed by atoms with Gasteiger partial charge in [0.05, 0.1) is 17.3 Å². The van der Waals surface area contributed by atoms with Crippen molar-refractivity contribution in [2.75, 3.05) is 5.32 Å². The van der Waals surface area contributed by atoms with Crippen molar-refractivity contribution < 1.29 is 18.6 Å². The van der Waals surface area contributed by atoms with Crippen LogP contribution in [0.4, 0.5) is 14.5 Å². The number of nitrogens with one attached hydrogen (secondary N) is 2. The minimum absolute atomic E-state index is 0.227. The Balaban J connectivity index is 1.50. The lowest BCUT2D eigenvalue weighted by atomic mass is 9.98. The molecule has 1 atom stereocenters. The molecule has 0 amide bonds. The van der Waals surface area contributed by atoms with E-state index < -0.39 is 17.9 Å². The lowest BCUT2D eigenvalue weighted by molar-refractivity contribution is 0.154. The number of aliphatic hydroxyl groups is 1. The number of ether oxygens (including phenoxy) is 1. The number of aliphatic hydroxyl groups excluding tert-OH is 1. The Kier molecular flexibility index (Phi) is 4.99. The second kappa shape index (κ2) is 7.56. The van der Waals surface area contributed by atoms with Crippen molar-refractivity contribution in [1.29, 1.82) is 0 Å². The van der Waals surface area contributed by atoms with Crippen LogP contribution >= 0.6 is 0 Å². The summed E-state index contributed by atoms with van der Waals surface area (Å²) in [6, 6.07) is 9.53. The lowest BCUT2D eigenvalue weighted by Crippen LogP contribution is -2.19. The number of aromatic nitrogens is 1. The van der Waals surface area contributed by atoms with Crippen LogP contribution in [-0.2, 0) is 0 Å². The van der Waals surface area contributed by atoms with Gasteiger partial charge in [-0.05, 0) is 43.9 Å². The number of H-pyrrole nitrogens is 1. The van der Waals surface area contributed by atoms with Crippen LogP contribution in [0.3, 0.4) is 0 Å². The van der Waals surface area contributed by atoms with Crippen LogP contribution in [-0.4, -0.2) is 16.2 Å². The largest absolute Gasteiger partial charge is 0.490 e. The summed E-state index contributed by atoms with van der Waals surface area (Å²) in [4.78, 5) is 2.87. The molecule has 6 heteroatoms. The number of rotatable bonds is 5. The fourth-order valence-corrected chi connectivity index (χ4v) is 3.60. The first-order chi connectivity index (χ1) is 13.1. The summed E-state index contributed by atoms with van der Waals surface area (Å²) in [5.74, 6) is -1.11. The number of hydrogen-bond donors (Lipinski definition) is 3. The van der Waals surface area contributed by atoms with Crippen LogP contribution in [0.15, 0.2) is 42.6 Å². The van der Waals surface area contributed by atoms with Gasteiger partial charge in [-0.15, -0.1) is 0 Å². The molecule has 1 saturated carbocycles. The van der Waals surface area contributed by atoms with Crippen LogP contribution < -0.4 is 10.1 Å². The van der Waals surface area contributed by atoms with Crippen molar-refractivity contribution in [2.45, 2.75) is 44.4 Å². The van der Waals surface area contributed by atoms with Gasteiger partial charge >= 0.3 is 0 Å². The summed E-state index contributed by atoms with van der Waals surface area (Å²) in [7, 11) is 0. The molecule has 0 aliphatic heterocycles. The van der Waals surface area contributed by atoms with E-state index in [0.717, 1.165) is 30.7 Å². The molecule has 3 N–H and O–H groups in total. The maximum Gasteiger partial charge on any atom is 0.160 e. The molecule has 1 fully saturated rings. The van der Waals surface area contributed by atoms with Gasteiger partial charge in [-0.1, -0.05) is 18.6 Å². The summed E-state index contributed by atoms with van der Waals surface area (Å²) in [6.45, 7) is 0. The molecule has 1 aliphatic rings. The SMILES string of the molecule is OC(Nc1c[nH]c2cc(F)c(F)cc12)c1cccc(OC2CCCCC2)c1. The molecule has 1 aliphatic carbocycles. The summed E-state index contributed by atoms with van der Waals surface area (Å²) < 4.78 is 32.9. The van der Waals surface area contributed by atoms with E-state index in [1.807, 2.05) is 12.1 Å². The highest BCUT2D eigenvalue weighted by molar-refractivity contribution is 5.92. The fraction of sp³-hybridized carbons (Fsp3) is 0.333. The van der Waals surface area contributed by atoms with Gasteiger partial charge in [0.25, 0.3) is 0 Å². The zero-order chi connectivity index (χ0) is 18.8. The maximum absolute atomic E-state index is 13.5. The minimum atomic E-state index is -1.01. The van der Waals surface area contributed by atoms with Gasteiger partial charge in [0.1, 0.15) is 5.75 Å². The molecule has 0 spiro atoms. The van der Waals surface area contributed by atoms with E-state index >= 15 is 0 Å². The van der Waals surface area contributed by atoms with Crippen LogP contribution in [0.25, 0.3) is 10.9 Å². The van der Waals surface area contributed by atoms with Gasteiger partial charge in [-0.2, -0.15) is 0 Å². The number of halogens is 2. The highest BCUT2D eigenvalue weighted by Crippen LogP contribution is 2.30. The molecule has 1 unspecified atom stereocenters. The van der Waals surface area contributed by atoms with Crippen LogP contribution in [0.2, 0.25) is 0 Å². The lowest BCUT2D eigenvalue weighted by Gasteiger charge is -2.23. The van der Waals surface area contributed by atoms with E-state index in [9.17, 15) is 13.9 Å². The normalized spacial score (nSPS) is 16.4. The van der Waals surface area contributed by atoms with Crippen molar-refractivity contribution in [1.82, 2.24) is 4.98 Å². The van der Waals surface area contributed by atoms with E-state index in [2.05, 4.69) is 10.3 Å². The van der Waals surface area contributed by atoms with Crippen molar-refractivity contribution >= 4 is 16.6 Å². The van der Waals surface area contributed by atoms with Gasteiger partial charge in [0.15, 0.2) is 17.9 Å². The highest BCUT2D eigenvalue weighted by atomic mass is 19.2. The van der Waals surface area contributed by atoms with Gasteiger partial charge < -0.3 is 20.1 Å². The van der Waals surface area contributed by atoms with Crippen LogP contribution in [0.5, 0.6) is 5.75 Å². The van der Waals surface area contributed by atoms with E-state index in [-0.39, 0.29) is 6.10 Å². The van der Waals surface area contributed by atoms with Crippen molar-refractivity contribution in [3.63, 3.8) is 0 Å². The average molecular weight is 372 g/mol. The molecule has 0 radical (unpaired) electrons. The number of aromatic amines is 1. The van der Waals surface area contributed by atoms with Gasteiger partial charge in [-0.3, -0.25) is 0 Å². The third-order valence-corrected chi connectivity index (χ3v) is 5.04. The van der Waals surface area contributed by atoms with E-state index in [1.165, 1.54) is 19.3 Å². The smallest absolute Gasteiger partial charge is 0.160 e. The summed E-state index contributed by atoms with van der Waals surface area (Å²) in [5.41, 5.74) is 1.59. The molecule has 27 heavy (non-hydrogen) atoms. The molecule has 0 bridgehead atoms. The quantitative estimate of drug-likeness (QED) is 0.536. The van der Waals surface area contributed by atoms with Gasteiger partial charge in [0.2, 0.25) is 0 Å². The Hall–Kier alpha value is -2.60. The molecule has 2 aromatic carbocycles. The molecule has 4 nitrogen and oxygen atoms in total. The standard InChI is InChI=1S/C21H22F2N2O2/c22-17-10-16-19(11-18(17)23)24-12-20(16)25-21(26)13-5-4-8-15(9-13)27-14-6-2-1-3-7-14/h4-5,8-12,14,21,24-26H,1-3,6-7H2. The predicted molar refractivity (Wildman–Crippen MR) is 101 cm³/mol. The second-order valence-electron chi connectivity index (χ2n) is 7.01. The Labute approximate surface area is 156 Å². The molecule has 142 valence electrons. The maximum atomic E-state index is 13.5. The van der Waals surface area contributed by atoms with Crippen LogP contribution in [0.1, 0.15) is 43.9 Å². The van der Waals surface area contributed by atoms with Crippen molar-refractivity contribution in [2.24, 2.45) is 0 Å². The topological polar surface area (TPSA) is 57.3 Å². The fourth-order valence-electron chi connectivity index (χ4n) is 3.60. The third-order valence-electron chi connectivity index (χ3n) is 5.04. The zero-order valence-corrected chi connectivity index (χ0v) is 14.8. The Morgan fingerprint density at radius 1 is 1.07 bits per heavy atom. The zero-order valence-electron chi connectivity index (χ0n) is 14.8. The first-order valence-corrected chi connectivity index (χ1v) is 9.27. The van der Waals surface area contributed by atoms with E-state index in [0.29, 0.717) is 22.2 Å². The van der Waals surface area contributed by atoms with E-state index in [4.69, 9.17) is 4.74 Å². The molecule has 3 aromatic rings. The molecular weight excluding hydrogens is 350 g/mol. The highest BCUT2D eigenvalue weighted by Gasteiger charge is 2.17. The third kappa shape index (κ3) is 3.90. The summed E-state index contributed by atoms with van der Waals surface area (Å²) in [5, 5.41) is 14.0. The molecule has 1 heterocycles. The average Bonchev–Trinajstić information content (AvgIpc) is 3.05. The molecule has 0 saturated heterocycles. The van der Waals surface area contributed by atoms with Crippen molar-refractivity contribution in [3.8, 4) is 5.75 Å². The predicted octanol–water partition coefficient (Wildman–Crippen LogP) is 5.26. The molecule has 4 rings (SSSR count). The van der Waals surface area contributed by atoms with Gasteiger partial charge in [0, 0.05) is 23.2 Å². The number of anilines is 1. The Morgan fingerprint density at radius 3 is 2.67 bits per heavy atom. The first-order valence-electron chi connectivity index (χ1n) is 9.27. The first kappa shape index (κ1) is 17.8.